The maximum absolute atomic E-state index is 13.6. The zero-order valence-corrected chi connectivity index (χ0v) is 22.2. The maximum Gasteiger partial charge on any atom is 0.123 e. The topological polar surface area (TPSA) is 6.48 Å². The molecule has 1 unspecified atom stereocenters. The van der Waals surface area contributed by atoms with Crippen molar-refractivity contribution in [2.24, 2.45) is 5.92 Å². The maximum atomic E-state index is 13.6. The van der Waals surface area contributed by atoms with Crippen molar-refractivity contribution < 1.29 is 8.78 Å². The number of fused-ring (bicyclic) bond motifs is 1. The molecule has 1 fully saturated rings. The molecular weight excluding hydrogens is 497 g/mol. The van der Waals surface area contributed by atoms with Crippen LogP contribution in [0.3, 0.4) is 0 Å². The minimum absolute atomic E-state index is 0. The molecule has 1 heterocycles. The van der Waals surface area contributed by atoms with E-state index in [1.807, 2.05) is 24.3 Å². The molecule has 0 amide bonds. The van der Waals surface area contributed by atoms with Gasteiger partial charge in [-0.05, 0) is 70.9 Å². The predicted molar refractivity (Wildman–Crippen MR) is 149 cm³/mol. The molecule has 0 saturated carbocycles. The Hall–Kier alpha value is -2.24. The highest BCUT2D eigenvalue weighted by Crippen LogP contribution is 2.35. The highest BCUT2D eigenvalue weighted by atomic mass is 35.5. The second-order valence-electron chi connectivity index (χ2n) is 9.60. The summed E-state index contributed by atoms with van der Waals surface area (Å²) >= 11 is 0. The number of hydrogen-bond acceptors (Lipinski definition) is 2. The van der Waals surface area contributed by atoms with Crippen LogP contribution in [-0.4, -0.2) is 42.5 Å². The van der Waals surface area contributed by atoms with E-state index in [1.165, 1.54) is 53.8 Å². The molecule has 6 heteroatoms. The second-order valence-corrected chi connectivity index (χ2v) is 9.60. The fourth-order valence-electron chi connectivity index (χ4n) is 5.46. The minimum Gasteiger partial charge on any atom is -0.297 e. The summed E-state index contributed by atoms with van der Waals surface area (Å²) in [5.74, 6) is 0.119. The largest absolute Gasteiger partial charge is 0.297 e. The van der Waals surface area contributed by atoms with Crippen molar-refractivity contribution in [3.8, 4) is 0 Å². The van der Waals surface area contributed by atoms with Crippen LogP contribution < -0.4 is 0 Å². The summed E-state index contributed by atoms with van der Waals surface area (Å²) in [6.45, 7) is 7.07. The number of nitrogens with zero attached hydrogens (tertiary/aromatic N) is 2. The third kappa shape index (κ3) is 6.36. The van der Waals surface area contributed by atoms with Gasteiger partial charge in [-0.3, -0.25) is 9.80 Å². The van der Waals surface area contributed by atoms with Crippen LogP contribution in [0, 0.1) is 17.6 Å². The molecule has 36 heavy (non-hydrogen) atoms. The van der Waals surface area contributed by atoms with Gasteiger partial charge in [-0.1, -0.05) is 61.5 Å². The Morgan fingerprint density at radius 3 is 1.94 bits per heavy atom. The SMILES string of the molecule is CC1CCc2ccccc2/C1=C\CN1CCN(C(c2ccc(F)cc2)c2ccc(F)cc2)CC1.Cl.Cl. The Bertz CT molecular complexity index is 1090. The molecule has 0 spiro atoms. The standard InChI is InChI=1S/C30H32F2N2.2ClH/c1-22-6-7-23-4-2-3-5-29(23)28(22)16-17-33-18-20-34(21-19-33)30(24-8-12-26(31)13-9-24)25-10-14-27(32)15-11-25;;/h2-5,8-16,22,30H,6-7,17-21H2,1H3;2*1H/b28-16-;;. The van der Waals surface area contributed by atoms with Gasteiger partial charge in [0.15, 0.2) is 0 Å². The zero-order chi connectivity index (χ0) is 23.5. The van der Waals surface area contributed by atoms with Gasteiger partial charge < -0.3 is 0 Å². The van der Waals surface area contributed by atoms with E-state index in [2.05, 4.69) is 47.1 Å². The Balaban J connectivity index is 0.00000180. The number of hydrogen-bond donors (Lipinski definition) is 0. The number of rotatable bonds is 5. The molecule has 5 rings (SSSR count). The van der Waals surface area contributed by atoms with E-state index in [0.717, 1.165) is 43.9 Å². The molecule has 0 N–H and O–H groups in total. The Kier molecular flexibility index (Phi) is 10.1. The first kappa shape index (κ1) is 28.3. The number of piperazine rings is 1. The summed E-state index contributed by atoms with van der Waals surface area (Å²) in [5, 5.41) is 0. The molecule has 1 aliphatic heterocycles. The van der Waals surface area contributed by atoms with Crippen LogP contribution in [0.2, 0.25) is 0 Å². The first-order chi connectivity index (χ1) is 16.6. The fourth-order valence-corrected chi connectivity index (χ4v) is 5.46. The molecule has 1 atom stereocenters. The van der Waals surface area contributed by atoms with Crippen molar-refractivity contribution in [2.75, 3.05) is 32.7 Å². The third-order valence-corrected chi connectivity index (χ3v) is 7.42. The van der Waals surface area contributed by atoms with Gasteiger partial charge in [-0.15, -0.1) is 24.8 Å². The molecule has 3 aromatic rings. The van der Waals surface area contributed by atoms with Gasteiger partial charge in [0.25, 0.3) is 0 Å². The predicted octanol–water partition coefficient (Wildman–Crippen LogP) is 7.18. The smallest absolute Gasteiger partial charge is 0.123 e. The number of allylic oxidation sites excluding steroid dienone is 1. The lowest BCUT2D eigenvalue weighted by Crippen LogP contribution is -2.47. The lowest BCUT2D eigenvalue weighted by Gasteiger charge is -2.39. The van der Waals surface area contributed by atoms with Crippen LogP contribution in [0.4, 0.5) is 8.78 Å². The minimum atomic E-state index is -0.238. The van der Waals surface area contributed by atoms with Crippen LogP contribution in [0.1, 0.15) is 41.6 Å². The van der Waals surface area contributed by atoms with Gasteiger partial charge >= 0.3 is 0 Å². The van der Waals surface area contributed by atoms with E-state index in [9.17, 15) is 8.78 Å². The molecule has 1 saturated heterocycles. The molecule has 1 aliphatic carbocycles. The quantitative estimate of drug-likeness (QED) is 0.344. The van der Waals surface area contributed by atoms with E-state index in [4.69, 9.17) is 0 Å². The van der Waals surface area contributed by atoms with Crippen molar-refractivity contribution in [3.05, 3.63) is 113 Å². The molecule has 2 aliphatic rings. The van der Waals surface area contributed by atoms with Crippen LogP contribution >= 0.6 is 24.8 Å². The molecule has 3 aromatic carbocycles. The second kappa shape index (κ2) is 12.8. The monoisotopic (exact) mass is 530 g/mol. The van der Waals surface area contributed by atoms with E-state index >= 15 is 0 Å². The fraction of sp³-hybridized carbons (Fsp3) is 0.333. The van der Waals surface area contributed by atoms with Gasteiger partial charge in [0, 0.05) is 32.7 Å². The van der Waals surface area contributed by atoms with Gasteiger partial charge in [-0.25, -0.2) is 8.78 Å². The summed E-state index contributed by atoms with van der Waals surface area (Å²) in [4.78, 5) is 4.95. The van der Waals surface area contributed by atoms with Gasteiger partial charge in [-0.2, -0.15) is 0 Å². The van der Waals surface area contributed by atoms with Crippen molar-refractivity contribution in [1.82, 2.24) is 9.80 Å². The number of aryl methyl sites for hydroxylation is 1. The first-order valence-electron chi connectivity index (χ1n) is 12.3. The molecular formula is C30H34Cl2F2N2. The van der Waals surface area contributed by atoms with E-state index in [0.29, 0.717) is 5.92 Å². The average molecular weight is 532 g/mol. The molecule has 192 valence electrons. The average Bonchev–Trinajstić information content (AvgIpc) is 2.87. The Morgan fingerprint density at radius 1 is 0.806 bits per heavy atom. The highest BCUT2D eigenvalue weighted by Gasteiger charge is 2.27. The molecule has 0 bridgehead atoms. The van der Waals surface area contributed by atoms with E-state index in [1.54, 1.807) is 0 Å². The zero-order valence-electron chi connectivity index (χ0n) is 20.6. The van der Waals surface area contributed by atoms with E-state index in [-0.39, 0.29) is 42.5 Å². The van der Waals surface area contributed by atoms with Crippen molar-refractivity contribution >= 4 is 30.4 Å². The lowest BCUT2D eigenvalue weighted by molar-refractivity contribution is 0.117. The summed E-state index contributed by atoms with van der Waals surface area (Å²) in [6.07, 6.45) is 4.82. The van der Waals surface area contributed by atoms with Crippen LogP contribution in [0.15, 0.2) is 78.9 Å². The first-order valence-corrected chi connectivity index (χ1v) is 12.3. The summed E-state index contributed by atoms with van der Waals surface area (Å²) in [6, 6.07) is 22.3. The number of halogens is 4. The van der Waals surface area contributed by atoms with E-state index < -0.39 is 0 Å². The van der Waals surface area contributed by atoms with Crippen LogP contribution in [0.25, 0.3) is 5.57 Å². The normalized spacial score (nSPS) is 19.4. The summed E-state index contributed by atoms with van der Waals surface area (Å²) in [7, 11) is 0. The van der Waals surface area contributed by atoms with Crippen LogP contribution in [-0.2, 0) is 6.42 Å². The van der Waals surface area contributed by atoms with Gasteiger partial charge in [0.1, 0.15) is 11.6 Å². The molecule has 0 radical (unpaired) electrons. The van der Waals surface area contributed by atoms with Crippen LogP contribution in [0.5, 0.6) is 0 Å². The van der Waals surface area contributed by atoms with Gasteiger partial charge in [0.2, 0.25) is 0 Å². The summed E-state index contributed by atoms with van der Waals surface area (Å²) < 4.78 is 27.2. The summed E-state index contributed by atoms with van der Waals surface area (Å²) in [5.41, 5.74) is 6.46. The Morgan fingerprint density at radius 2 is 1.36 bits per heavy atom. The van der Waals surface area contributed by atoms with Gasteiger partial charge in [0.05, 0.1) is 6.04 Å². The van der Waals surface area contributed by atoms with Crippen molar-refractivity contribution in [2.45, 2.75) is 25.8 Å². The molecule has 2 nitrogen and oxygen atoms in total. The van der Waals surface area contributed by atoms with Crippen molar-refractivity contribution in [3.63, 3.8) is 0 Å². The van der Waals surface area contributed by atoms with Crippen molar-refractivity contribution in [1.29, 1.82) is 0 Å². The third-order valence-electron chi connectivity index (χ3n) is 7.42. The number of benzene rings is 3. The highest BCUT2D eigenvalue weighted by molar-refractivity contribution is 5.85. The lowest BCUT2D eigenvalue weighted by atomic mass is 9.80. The Labute approximate surface area is 225 Å². The molecule has 0 aromatic heterocycles.